The van der Waals surface area contributed by atoms with Crippen LogP contribution in [-0.4, -0.2) is 29.7 Å². The molecule has 6 aromatic rings. The standard InChI is InChI=1S/C24H16N6O2S/c1-14-7-12-19-18(13-14)20(15-5-3-2-4-6-15)21(25-19)22-26-27-24-29(22)28-23(33-24)16-8-10-17(11-9-16)30(31)32/h2-13,25H,1H3. The maximum atomic E-state index is 11.0. The molecule has 0 atom stereocenters. The van der Waals surface area contributed by atoms with Crippen molar-refractivity contribution < 1.29 is 4.92 Å². The van der Waals surface area contributed by atoms with Crippen molar-refractivity contribution in [3.05, 3.63) is 88.5 Å². The highest BCUT2D eigenvalue weighted by atomic mass is 32.1. The summed E-state index contributed by atoms with van der Waals surface area (Å²) in [6, 6.07) is 22.9. The molecule has 0 unspecified atom stereocenters. The molecule has 160 valence electrons. The number of fused-ring (bicyclic) bond motifs is 2. The third-order valence-electron chi connectivity index (χ3n) is 5.56. The molecule has 3 aromatic heterocycles. The molecule has 0 aliphatic carbocycles. The van der Waals surface area contributed by atoms with Crippen molar-refractivity contribution in [2.75, 3.05) is 0 Å². The van der Waals surface area contributed by atoms with Gasteiger partial charge in [0, 0.05) is 34.2 Å². The molecule has 33 heavy (non-hydrogen) atoms. The van der Waals surface area contributed by atoms with Gasteiger partial charge in [0.25, 0.3) is 5.69 Å². The average Bonchev–Trinajstić information content (AvgIpc) is 3.52. The molecule has 6 rings (SSSR count). The van der Waals surface area contributed by atoms with Crippen molar-refractivity contribution in [1.82, 2.24) is 24.8 Å². The minimum Gasteiger partial charge on any atom is -0.351 e. The monoisotopic (exact) mass is 452 g/mol. The number of aromatic amines is 1. The maximum absolute atomic E-state index is 11.0. The predicted octanol–water partition coefficient (Wildman–Crippen LogP) is 5.88. The number of aromatic nitrogens is 5. The number of nitrogens with one attached hydrogen (secondary N) is 1. The zero-order valence-electron chi connectivity index (χ0n) is 17.4. The van der Waals surface area contributed by atoms with Crippen LogP contribution < -0.4 is 0 Å². The molecule has 1 N–H and O–H groups in total. The third kappa shape index (κ3) is 3.17. The maximum Gasteiger partial charge on any atom is 0.269 e. The Morgan fingerprint density at radius 3 is 2.52 bits per heavy atom. The molecule has 3 aromatic carbocycles. The summed E-state index contributed by atoms with van der Waals surface area (Å²) in [5, 5.41) is 26.3. The summed E-state index contributed by atoms with van der Waals surface area (Å²) in [4.78, 5) is 14.7. The minimum absolute atomic E-state index is 0.0447. The Bertz CT molecular complexity index is 1650. The first-order valence-electron chi connectivity index (χ1n) is 10.2. The van der Waals surface area contributed by atoms with E-state index in [1.54, 1.807) is 16.6 Å². The van der Waals surface area contributed by atoms with E-state index in [1.165, 1.54) is 29.0 Å². The number of aryl methyl sites for hydroxylation is 1. The first-order chi connectivity index (χ1) is 16.1. The van der Waals surface area contributed by atoms with Crippen LogP contribution >= 0.6 is 11.3 Å². The third-order valence-corrected chi connectivity index (χ3v) is 6.50. The van der Waals surface area contributed by atoms with Crippen LogP contribution in [0.3, 0.4) is 0 Å². The van der Waals surface area contributed by atoms with Crippen LogP contribution in [-0.2, 0) is 0 Å². The van der Waals surface area contributed by atoms with Crippen molar-refractivity contribution in [3.63, 3.8) is 0 Å². The molecule has 8 nitrogen and oxygen atoms in total. The van der Waals surface area contributed by atoms with Crippen LogP contribution in [0.15, 0.2) is 72.8 Å². The summed E-state index contributed by atoms with van der Waals surface area (Å²) >= 11 is 1.39. The number of nitro groups is 1. The normalized spacial score (nSPS) is 11.4. The van der Waals surface area contributed by atoms with E-state index in [-0.39, 0.29) is 5.69 Å². The molecule has 0 spiro atoms. The van der Waals surface area contributed by atoms with Crippen molar-refractivity contribution in [2.45, 2.75) is 6.92 Å². The minimum atomic E-state index is -0.414. The lowest BCUT2D eigenvalue weighted by Crippen LogP contribution is -1.93. The topological polar surface area (TPSA) is 102 Å². The summed E-state index contributed by atoms with van der Waals surface area (Å²) in [6.45, 7) is 2.08. The van der Waals surface area contributed by atoms with Crippen LogP contribution in [0.5, 0.6) is 0 Å². The molecule has 0 radical (unpaired) electrons. The Balaban J connectivity index is 1.54. The van der Waals surface area contributed by atoms with Gasteiger partial charge in [-0.15, -0.1) is 10.2 Å². The fourth-order valence-corrected chi connectivity index (χ4v) is 4.84. The summed E-state index contributed by atoms with van der Waals surface area (Å²) < 4.78 is 1.73. The smallest absolute Gasteiger partial charge is 0.269 e. The van der Waals surface area contributed by atoms with E-state index in [0.717, 1.165) is 33.3 Å². The van der Waals surface area contributed by atoms with Gasteiger partial charge in [0.15, 0.2) is 0 Å². The average molecular weight is 452 g/mol. The Hall–Kier alpha value is -4.37. The summed E-state index contributed by atoms with van der Waals surface area (Å²) in [7, 11) is 0. The summed E-state index contributed by atoms with van der Waals surface area (Å²) in [5.74, 6) is 0.613. The Labute approximate surface area is 191 Å². The molecule has 0 amide bonds. The number of H-pyrrole nitrogens is 1. The van der Waals surface area contributed by atoms with Gasteiger partial charge in [-0.25, -0.2) is 0 Å². The molecule has 3 heterocycles. The molecular formula is C24H16N6O2S. The van der Waals surface area contributed by atoms with Crippen LogP contribution in [0.2, 0.25) is 0 Å². The predicted molar refractivity (Wildman–Crippen MR) is 128 cm³/mol. The summed E-state index contributed by atoms with van der Waals surface area (Å²) in [5.41, 5.74) is 5.99. The molecule has 0 aliphatic rings. The van der Waals surface area contributed by atoms with Gasteiger partial charge < -0.3 is 4.98 Å². The van der Waals surface area contributed by atoms with Crippen molar-refractivity contribution >= 4 is 32.9 Å². The second-order valence-corrected chi connectivity index (χ2v) is 8.68. The molecule has 0 saturated carbocycles. The highest BCUT2D eigenvalue weighted by Gasteiger charge is 2.22. The first-order valence-corrected chi connectivity index (χ1v) is 11.1. The van der Waals surface area contributed by atoms with E-state index >= 15 is 0 Å². The van der Waals surface area contributed by atoms with Gasteiger partial charge in [-0.05, 0) is 36.8 Å². The van der Waals surface area contributed by atoms with E-state index < -0.39 is 4.92 Å². The fourth-order valence-electron chi connectivity index (χ4n) is 3.99. The van der Waals surface area contributed by atoms with Gasteiger partial charge >= 0.3 is 0 Å². The zero-order chi connectivity index (χ0) is 22.5. The van der Waals surface area contributed by atoms with E-state index in [0.29, 0.717) is 15.8 Å². The molecule has 0 bridgehead atoms. The second-order valence-electron chi connectivity index (χ2n) is 7.72. The largest absolute Gasteiger partial charge is 0.351 e. The van der Waals surface area contributed by atoms with Gasteiger partial charge in [0.05, 0.1) is 10.6 Å². The van der Waals surface area contributed by atoms with Gasteiger partial charge in [-0.2, -0.15) is 9.61 Å². The Kier molecular flexibility index (Phi) is 4.30. The SMILES string of the molecule is Cc1ccc2[nH]c(-c3nnc4sc(-c5ccc([N+](=O)[O-])cc5)nn34)c(-c3ccccc3)c2c1. The Morgan fingerprint density at radius 2 is 1.76 bits per heavy atom. The van der Waals surface area contributed by atoms with E-state index in [1.807, 2.05) is 18.2 Å². The molecule has 9 heteroatoms. The number of nitrogens with zero attached hydrogens (tertiary/aromatic N) is 5. The zero-order valence-corrected chi connectivity index (χ0v) is 18.2. The summed E-state index contributed by atoms with van der Waals surface area (Å²) in [6.07, 6.45) is 0. The number of non-ortho nitro benzene ring substituents is 1. The first kappa shape index (κ1) is 19.3. The number of hydrogen-bond acceptors (Lipinski definition) is 6. The molecule has 0 saturated heterocycles. The lowest BCUT2D eigenvalue weighted by atomic mass is 10.0. The van der Waals surface area contributed by atoms with Crippen LogP contribution in [0.25, 0.3) is 49.1 Å². The van der Waals surface area contributed by atoms with Crippen LogP contribution in [0, 0.1) is 17.0 Å². The van der Waals surface area contributed by atoms with Gasteiger partial charge in [-0.1, -0.05) is 53.3 Å². The number of hydrogen-bond donors (Lipinski definition) is 1. The molecule has 0 aliphatic heterocycles. The quantitative estimate of drug-likeness (QED) is 0.266. The van der Waals surface area contributed by atoms with E-state index in [9.17, 15) is 10.1 Å². The molecule has 0 fully saturated rings. The number of rotatable bonds is 4. The van der Waals surface area contributed by atoms with E-state index in [4.69, 9.17) is 5.10 Å². The van der Waals surface area contributed by atoms with Gasteiger partial charge in [0.1, 0.15) is 5.01 Å². The highest BCUT2D eigenvalue weighted by molar-refractivity contribution is 7.19. The van der Waals surface area contributed by atoms with Crippen LogP contribution in [0.1, 0.15) is 5.56 Å². The van der Waals surface area contributed by atoms with Gasteiger partial charge in [-0.3, -0.25) is 10.1 Å². The van der Waals surface area contributed by atoms with Gasteiger partial charge in [0.2, 0.25) is 10.8 Å². The Morgan fingerprint density at radius 1 is 0.970 bits per heavy atom. The molecular weight excluding hydrogens is 436 g/mol. The highest BCUT2D eigenvalue weighted by Crippen LogP contribution is 2.39. The lowest BCUT2D eigenvalue weighted by molar-refractivity contribution is -0.384. The lowest BCUT2D eigenvalue weighted by Gasteiger charge is -2.04. The van der Waals surface area contributed by atoms with Crippen molar-refractivity contribution in [3.8, 4) is 33.2 Å². The van der Waals surface area contributed by atoms with Crippen LogP contribution in [0.4, 0.5) is 5.69 Å². The fraction of sp³-hybridized carbons (Fsp3) is 0.0417. The van der Waals surface area contributed by atoms with Crippen molar-refractivity contribution in [1.29, 1.82) is 0 Å². The number of nitro benzene ring substituents is 1. The second kappa shape index (κ2) is 7.35. The number of benzene rings is 3. The van der Waals surface area contributed by atoms with Crippen molar-refractivity contribution in [2.24, 2.45) is 0 Å². The van der Waals surface area contributed by atoms with E-state index in [2.05, 4.69) is 52.4 Å².